The summed E-state index contributed by atoms with van der Waals surface area (Å²) in [5, 5.41) is 5.50. The summed E-state index contributed by atoms with van der Waals surface area (Å²) in [5.41, 5.74) is 5.47. The molecule has 0 radical (unpaired) electrons. The van der Waals surface area contributed by atoms with E-state index in [-0.39, 0.29) is 5.91 Å². The van der Waals surface area contributed by atoms with Crippen molar-refractivity contribution in [1.29, 1.82) is 0 Å². The van der Waals surface area contributed by atoms with Crippen molar-refractivity contribution >= 4 is 46.9 Å². The lowest BCUT2D eigenvalue weighted by molar-refractivity contribution is 0.0955. The van der Waals surface area contributed by atoms with Crippen LogP contribution in [0.3, 0.4) is 0 Å². The number of carbonyl (C=O) groups excluding carboxylic acids is 1. The van der Waals surface area contributed by atoms with Crippen LogP contribution in [0.25, 0.3) is 0 Å². The lowest BCUT2D eigenvalue weighted by Gasteiger charge is -2.08. The van der Waals surface area contributed by atoms with Crippen LogP contribution in [-0.2, 0) is 6.61 Å². The van der Waals surface area contributed by atoms with Crippen molar-refractivity contribution in [3.05, 3.63) is 98.0 Å². The summed E-state index contributed by atoms with van der Waals surface area (Å²) in [6.07, 6.45) is 1.54. The first kappa shape index (κ1) is 21.2. The van der Waals surface area contributed by atoms with Gasteiger partial charge in [-0.15, -0.1) is 0 Å². The smallest absolute Gasteiger partial charge is 0.272 e. The van der Waals surface area contributed by atoms with Crippen LogP contribution < -0.4 is 10.2 Å². The molecule has 3 aromatic rings. The minimum absolute atomic E-state index is 0.330. The Bertz CT molecular complexity index is 1050. The normalized spacial score (nSPS) is 10.9. The highest BCUT2D eigenvalue weighted by Crippen LogP contribution is 2.23. The third-order valence-corrected chi connectivity index (χ3v) is 4.94. The predicted octanol–water partition coefficient (Wildman–Crippen LogP) is 6.30. The summed E-state index contributed by atoms with van der Waals surface area (Å²) in [5.74, 6) is 0.315. The molecule has 0 aromatic heterocycles. The first-order valence-electron chi connectivity index (χ1n) is 8.69. The highest BCUT2D eigenvalue weighted by molar-refractivity contribution is 6.35. The zero-order chi connectivity index (χ0) is 20.8. The van der Waals surface area contributed by atoms with Crippen LogP contribution in [0.1, 0.15) is 27.0 Å². The first-order valence-corrected chi connectivity index (χ1v) is 9.82. The molecule has 29 heavy (non-hydrogen) atoms. The molecule has 0 saturated heterocycles. The number of amides is 1. The number of hydrogen-bond donors (Lipinski definition) is 1. The van der Waals surface area contributed by atoms with Gasteiger partial charge < -0.3 is 4.74 Å². The van der Waals surface area contributed by atoms with Gasteiger partial charge in [-0.25, -0.2) is 5.43 Å². The highest BCUT2D eigenvalue weighted by Gasteiger charge is 2.09. The minimum Gasteiger partial charge on any atom is -0.489 e. The van der Waals surface area contributed by atoms with Crippen LogP contribution in [0, 0.1) is 6.92 Å². The number of rotatable bonds is 6. The second-order valence-corrected chi connectivity index (χ2v) is 7.53. The van der Waals surface area contributed by atoms with Gasteiger partial charge in [0, 0.05) is 15.6 Å². The van der Waals surface area contributed by atoms with E-state index in [1.807, 2.05) is 43.3 Å². The van der Waals surface area contributed by atoms with E-state index in [4.69, 9.17) is 39.5 Å². The summed E-state index contributed by atoms with van der Waals surface area (Å²) in [6, 6.07) is 17.8. The number of benzene rings is 3. The fraction of sp³-hybridized carbons (Fsp3) is 0.0909. The minimum atomic E-state index is -0.369. The lowest BCUT2D eigenvalue weighted by Crippen LogP contribution is -2.18. The largest absolute Gasteiger partial charge is 0.489 e. The molecule has 0 aliphatic heterocycles. The summed E-state index contributed by atoms with van der Waals surface area (Å²) in [7, 11) is 0. The van der Waals surface area contributed by atoms with Gasteiger partial charge in [0.2, 0.25) is 0 Å². The summed E-state index contributed by atoms with van der Waals surface area (Å²) in [6.45, 7) is 2.24. The van der Waals surface area contributed by atoms with Gasteiger partial charge in [-0.05, 0) is 66.6 Å². The van der Waals surface area contributed by atoms with Crippen molar-refractivity contribution in [3.63, 3.8) is 0 Å². The van der Waals surface area contributed by atoms with Gasteiger partial charge in [-0.3, -0.25) is 4.79 Å². The standard InChI is InChI=1S/C22H17Cl3N2O2/c1-14-2-9-19(21(25)10-14)22(28)27-26-12-15-3-7-18(8-4-15)29-13-16-5-6-17(23)11-20(16)24/h2-12H,13H2,1H3,(H,27,28)/b26-12-. The third-order valence-electron chi connectivity index (χ3n) is 4.04. The van der Waals surface area contributed by atoms with E-state index in [2.05, 4.69) is 10.5 Å². The molecule has 1 N–H and O–H groups in total. The van der Waals surface area contributed by atoms with Gasteiger partial charge >= 0.3 is 0 Å². The first-order chi connectivity index (χ1) is 13.9. The van der Waals surface area contributed by atoms with E-state index in [0.29, 0.717) is 33.0 Å². The number of nitrogens with zero attached hydrogens (tertiary/aromatic N) is 1. The fourth-order valence-electron chi connectivity index (χ4n) is 2.48. The Morgan fingerprint density at radius 2 is 1.76 bits per heavy atom. The van der Waals surface area contributed by atoms with Crippen LogP contribution in [0.5, 0.6) is 5.75 Å². The molecule has 7 heteroatoms. The Kier molecular flexibility index (Phi) is 7.15. The van der Waals surface area contributed by atoms with Crippen LogP contribution in [0.15, 0.2) is 65.8 Å². The number of ether oxygens (including phenoxy) is 1. The number of hydrazone groups is 1. The molecular weight excluding hydrogens is 431 g/mol. The maximum absolute atomic E-state index is 12.1. The van der Waals surface area contributed by atoms with E-state index in [1.165, 1.54) is 0 Å². The molecule has 3 aromatic carbocycles. The van der Waals surface area contributed by atoms with Crippen molar-refractivity contribution in [1.82, 2.24) is 5.43 Å². The molecule has 148 valence electrons. The van der Waals surface area contributed by atoms with Gasteiger partial charge in [0.1, 0.15) is 12.4 Å². The van der Waals surface area contributed by atoms with Crippen LogP contribution >= 0.6 is 34.8 Å². The quantitative estimate of drug-likeness (QED) is 0.356. The average Bonchev–Trinajstić information content (AvgIpc) is 2.68. The number of carbonyl (C=O) groups is 1. The monoisotopic (exact) mass is 446 g/mol. The summed E-state index contributed by atoms with van der Waals surface area (Å²) >= 11 is 18.1. The Morgan fingerprint density at radius 3 is 2.45 bits per heavy atom. The molecule has 0 unspecified atom stereocenters. The van der Waals surface area contributed by atoms with E-state index in [0.717, 1.165) is 16.7 Å². The number of aryl methyl sites for hydroxylation is 1. The molecular formula is C22H17Cl3N2O2. The Balaban J connectivity index is 1.55. The van der Waals surface area contributed by atoms with E-state index < -0.39 is 0 Å². The second-order valence-electron chi connectivity index (χ2n) is 6.28. The van der Waals surface area contributed by atoms with Crippen molar-refractivity contribution < 1.29 is 9.53 Å². The van der Waals surface area contributed by atoms with Crippen molar-refractivity contribution in [3.8, 4) is 5.75 Å². The number of hydrogen-bond acceptors (Lipinski definition) is 3. The van der Waals surface area contributed by atoms with Gasteiger partial charge in [-0.2, -0.15) is 5.10 Å². The molecule has 0 saturated carbocycles. The summed E-state index contributed by atoms with van der Waals surface area (Å²) < 4.78 is 5.73. The van der Waals surface area contributed by atoms with Gasteiger partial charge in [0.05, 0.1) is 16.8 Å². The van der Waals surface area contributed by atoms with Gasteiger partial charge in [0.25, 0.3) is 5.91 Å². The van der Waals surface area contributed by atoms with E-state index in [1.54, 1.807) is 30.5 Å². The van der Waals surface area contributed by atoms with Crippen molar-refractivity contribution in [2.24, 2.45) is 5.10 Å². The molecule has 0 bridgehead atoms. The molecule has 3 rings (SSSR count). The number of halogens is 3. The molecule has 0 atom stereocenters. The predicted molar refractivity (Wildman–Crippen MR) is 118 cm³/mol. The topological polar surface area (TPSA) is 50.7 Å². The Labute approximate surface area is 184 Å². The van der Waals surface area contributed by atoms with Crippen LogP contribution in [0.4, 0.5) is 0 Å². The van der Waals surface area contributed by atoms with Crippen LogP contribution in [0.2, 0.25) is 15.1 Å². The highest BCUT2D eigenvalue weighted by atomic mass is 35.5. The molecule has 1 amide bonds. The summed E-state index contributed by atoms with van der Waals surface area (Å²) in [4.78, 5) is 12.1. The van der Waals surface area contributed by atoms with Crippen molar-refractivity contribution in [2.45, 2.75) is 13.5 Å². The zero-order valence-corrected chi connectivity index (χ0v) is 17.7. The van der Waals surface area contributed by atoms with E-state index >= 15 is 0 Å². The average molecular weight is 448 g/mol. The number of nitrogens with one attached hydrogen (secondary N) is 1. The Hall–Kier alpha value is -2.53. The molecule has 0 aliphatic rings. The Morgan fingerprint density at radius 1 is 1.00 bits per heavy atom. The lowest BCUT2D eigenvalue weighted by atomic mass is 10.1. The van der Waals surface area contributed by atoms with Crippen LogP contribution in [-0.4, -0.2) is 12.1 Å². The maximum Gasteiger partial charge on any atom is 0.272 e. The fourth-order valence-corrected chi connectivity index (χ4v) is 3.26. The van der Waals surface area contributed by atoms with Crippen molar-refractivity contribution in [2.75, 3.05) is 0 Å². The molecule has 0 fully saturated rings. The molecule has 4 nitrogen and oxygen atoms in total. The molecule has 0 aliphatic carbocycles. The van der Waals surface area contributed by atoms with E-state index in [9.17, 15) is 4.79 Å². The zero-order valence-electron chi connectivity index (χ0n) is 15.5. The second kappa shape index (κ2) is 9.79. The van der Waals surface area contributed by atoms with Gasteiger partial charge in [0.15, 0.2) is 0 Å². The molecule has 0 heterocycles. The third kappa shape index (κ3) is 5.97. The van der Waals surface area contributed by atoms with Gasteiger partial charge in [-0.1, -0.05) is 46.9 Å². The maximum atomic E-state index is 12.1. The molecule has 0 spiro atoms. The SMILES string of the molecule is Cc1ccc(C(=O)N/N=C\c2ccc(OCc3ccc(Cl)cc3Cl)cc2)c(Cl)c1.